The van der Waals surface area contributed by atoms with Crippen molar-refractivity contribution < 1.29 is 23.4 Å². The van der Waals surface area contributed by atoms with Gasteiger partial charge in [-0.25, -0.2) is 17.9 Å². The number of aromatic nitrogens is 2. The molecule has 0 aliphatic rings. The van der Waals surface area contributed by atoms with Gasteiger partial charge in [-0.15, -0.1) is 0 Å². The summed E-state index contributed by atoms with van der Waals surface area (Å²) in [4.78, 5) is 22.5. The number of sulfone groups is 1. The molecule has 2 aromatic rings. The van der Waals surface area contributed by atoms with E-state index in [0.717, 1.165) is 16.8 Å². The molecule has 2 rings (SSSR count). The number of rotatable bonds is 5. The Labute approximate surface area is 124 Å². The highest BCUT2D eigenvalue weighted by molar-refractivity contribution is 7.91. The molecule has 9 heteroatoms. The summed E-state index contributed by atoms with van der Waals surface area (Å²) in [6, 6.07) is 6.27. The van der Waals surface area contributed by atoms with Gasteiger partial charge in [0.15, 0.2) is 9.84 Å². The smallest absolute Gasteiger partial charge is 0.353 e. The highest BCUT2D eigenvalue weighted by Gasteiger charge is 2.14. The minimum absolute atomic E-state index is 0.0208. The molecular weight excluding hydrogens is 312 g/mol. The standard InChI is InChI=1S/C13H12N2O6S/c16-6-1-7-22(20,21)10-4-2-9(3-5-10)15-12(17)8-11(14-15)13(18)19/h1-6,8,14,16H,7H2,(H,18,19). The van der Waals surface area contributed by atoms with Gasteiger partial charge in [0.2, 0.25) is 0 Å². The monoisotopic (exact) mass is 324 g/mol. The Kier molecular flexibility index (Phi) is 4.18. The normalized spacial score (nSPS) is 11.8. The molecule has 1 aromatic heterocycles. The predicted octanol–water partition coefficient (Wildman–Crippen LogP) is 0.709. The first-order chi connectivity index (χ1) is 10.3. The van der Waals surface area contributed by atoms with Crippen LogP contribution in [0.4, 0.5) is 0 Å². The van der Waals surface area contributed by atoms with Gasteiger partial charge in [0, 0.05) is 6.07 Å². The molecule has 22 heavy (non-hydrogen) atoms. The molecule has 0 fully saturated rings. The van der Waals surface area contributed by atoms with Gasteiger partial charge >= 0.3 is 5.97 Å². The number of nitrogens with one attached hydrogen (secondary N) is 1. The van der Waals surface area contributed by atoms with Crippen molar-refractivity contribution >= 4 is 15.8 Å². The lowest BCUT2D eigenvalue weighted by atomic mass is 10.3. The van der Waals surface area contributed by atoms with E-state index in [1.54, 1.807) is 0 Å². The van der Waals surface area contributed by atoms with Crippen LogP contribution in [0.2, 0.25) is 0 Å². The highest BCUT2D eigenvalue weighted by atomic mass is 32.2. The van der Waals surface area contributed by atoms with Crippen molar-refractivity contribution in [3.63, 3.8) is 0 Å². The number of aliphatic hydroxyl groups is 1. The van der Waals surface area contributed by atoms with Gasteiger partial charge in [0.05, 0.1) is 22.6 Å². The van der Waals surface area contributed by atoms with Gasteiger partial charge in [-0.3, -0.25) is 9.89 Å². The van der Waals surface area contributed by atoms with Gasteiger partial charge in [-0.1, -0.05) is 0 Å². The zero-order chi connectivity index (χ0) is 16.3. The van der Waals surface area contributed by atoms with E-state index in [0.29, 0.717) is 11.9 Å². The Hall–Kier alpha value is -2.81. The third-order valence-electron chi connectivity index (χ3n) is 2.83. The molecule has 0 aliphatic carbocycles. The van der Waals surface area contributed by atoms with Crippen LogP contribution < -0.4 is 5.56 Å². The van der Waals surface area contributed by atoms with Crippen LogP contribution in [0.15, 0.2) is 52.4 Å². The lowest BCUT2D eigenvalue weighted by Gasteiger charge is -2.04. The van der Waals surface area contributed by atoms with E-state index in [4.69, 9.17) is 10.2 Å². The van der Waals surface area contributed by atoms with E-state index in [1.807, 2.05) is 0 Å². The number of carbonyl (C=O) groups is 1. The van der Waals surface area contributed by atoms with E-state index in [2.05, 4.69) is 5.10 Å². The van der Waals surface area contributed by atoms with Gasteiger partial charge < -0.3 is 10.2 Å². The minimum Gasteiger partial charge on any atom is -0.516 e. The summed E-state index contributed by atoms with van der Waals surface area (Å²) < 4.78 is 24.8. The molecule has 0 saturated carbocycles. The fourth-order valence-electron chi connectivity index (χ4n) is 1.77. The van der Waals surface area contributed by atoms with Gasteiger partial charge in [-0.05, 0) is 30.3 Å². The quantitative estimate of drug-likeness (QED) is 0.695. The van der Waals surface area contributed by atoms with Crippen LogP contribution in [0.1, 0.15) is 10.5 Å². The highest BCUT2D eigenvalue weighted by Crippen LogP contribution is 2.14. The number of carboxylic acids is 1. The van der Waals surface area contributed by atoms with E-state index >= 15 is 0 Å². The number of nitrogens with zero attached hydrogens (tertiary/aromatic N) is 1. The van der Waals surface area contributed by atoms with Crippen molar-refractivity contribution in [2.75, 3.05) is 5.75 Å². The lowest BCUT2D eigenvalue weighted by Crippen LogP contribution is -2.13. The number of aromatic amines is 1. The average molecular weight is 324 g/mol. The van der Waals surface area contributed by atoms with Crippen molar-refractivity contribution in [1.29, 1.82) is 0 Å². The molecule has 0 spiro atoms. The summed E-state index contributed by atoms with van der Waals surface area (Å²) in [5.41, 5.74) is -0.542. The zero-order valence-corrected chi connectivity index (χ0v) is 11.9. The Balaban J connectivity index is 2.37. The van der Waals surface area contributed by atoms with Crippen LogP contribution in [0.5, 0.6) is 0 Å². The molecule has 8 nitrogen and oxygen atoms in total. The second-order valence-corrected chi connectivity index (χ2v) is 6.34. The first-order valence-corrected chi connectivity index (χ1v) is 7.68. The van der Waals surface area contributed by atoms with E-state index in [9.17, 15) is 18.0 Å². The number of aliphatic hydroxyl groups excluding tert-OH is 1. The van der Waals surface area contributed by atoms with Gasteiger partial charge in [0.1, 0.15) is 5.69 Å². The number of hydrogen-bond acceptors (Lipinski definition) is 5. The molecule has 3 N–H and O–H groups in total. The third-order valence-corrected chi connectivity index (χ3v) is 4.45. The molecule has 0 radical (unpaired) electrons. The Morgan fingerprint density at radius 1 is 1.27 bits per heavy atom. The second-order valence-electron chi connectivity index (χ2n) is 4.31. The molecule has 0 saturated heterocycles. The van der Waals surface area contributed by atoms with Crippen LogP contribution in [-0.2, 0) is 9.84 Å². The summed E-state index contributed by atoms with van der Waals surface area (Å²) in [5, 5.41) is 19.7. The summed E-state index contributed by atoms with van der Waals surface area (Å²) in [7, 11) is -3.58. The van der Waals surface area contributed by atoms with Crippen LogP contribution in [-0.4, -0.2) is 40.1 Å². The maximum Gasteiger partial charge on any atom is 0.353 e. The molecule has 0 unspecified atom stereocenters. The van der Waals surface area contributed by atoms with E-state index < -0.39 is 21.4 Å². The number of H-pyrrole nitrogens is 1. The summed E-state index contributed by atoms with van der Waals surface area (Å²) in [5.74, 6) is -1.63. The maximum absolute atomic E-state index is 11.9. The van der Waals surface area contributed by atoms with Crippen LogP contribution in [0.25, 0.3) is 5.69 Å². The SMILES string of the molecule is O=C(O)c1cc(=O)n(-c2ccc(S(=O)(=O)CC=CO)cc2)[nH]1. The fourth-order valence-corrected chi connectivity index (χ4v) is 2.85. The largest absolute Gasteiger partial charge is 0.516 e. The van der Waals surface area contributed by atoms with E-state index in [-0.39, 0.29) is 16.3 Å². The van der Waals surface area contributed by atoms with Gasteiger partial charge in [0.25, 0.3) is 5.56 Å². The van der Waals surface area contributed by atoms with Crippen molar-refractivity contribution in [1.82, 2.24) is 9.78 Å². The predicted molar refractivity (Wildman–Crippen MR) is 77.2 cm³/mol. The summed E-state index contributed by atoms with van der Waals surface area (Å²) in [6.07, 6.45) is 1.75. The first kappa shape index (κ1) is 15.6. The average Bonchev–Trinajstić information content (AvgIpc) is 2.87. The summed E-state index contributed by atoms with van der Waals surface area (Å²) in [6.45, 7) is 0. The van der Waals surface area contributed by atoms with Gasteiger partial charge in [-0.2, -0.15) is 0 Å². The number of carboxylic acid groups (broad SMARTS) is 1. The maximum atomic E-state index is 11.9. The van der Waals surface area contributed by atoms with Crippen molar-refractivity contribution in [2.24, 2.45) is 0 Å². The molecule has 0 bridgehead atoms. The molecular formula is C13H12N2O6S. The molecule has 1 aromatic carbocycles. The topological polar surface area (TPSA) is 129 Å². The molecule has 1 heterocycles. The Bertz CT molecular complexity index is 874. The van der Waals surface area contributed by atoms with E-state index in [1.165, 1.54) is 24.3 Å². The van der Waals surface area contributed by atoms with Crippen LogP contribution in [0, 0.1) is 0 Å². The van der Waals surface area contributed by atoms with Crippen LogP contribution in [0.3, 0.4) is 0 Å². The lowest BCUT2D eigenvalue weighted by molar-refractivity contribution is 0.0690. The minimum atomic E-state index is -3.58. The summed E-state index contributed by atoms with van der Waals surface area (Å²) >= 11 is 0. The molecule has 0 atom stereocenters. The number of benzene rings is 1. The fraction of sp³-hybridized carbons (Fsp3) is 0.0769. The first-order valence-electron chi connectivity index (χ1n) is 6.03. The Morgan fingerprint density at radius 2 is 1.91 bits per heavy atom. The van der Waals surface area contributed by atoms with Crippen LogP contribution >= 0.6 is 0 Å². The molecule has 0 aliphatic heterocycles. The zero-order valence-electron chi connectivity index (χ0n) is 11.1. The molecule has 116 valence electrons. The van der Waals surface area contributed by atoms with Crippen molar-refractivity contribution in [3.05, 3.63) is 58.7 Å². The Morgan fingerprint density at radius 3 is 2.41 bits per heavy atom. The third kappa shape index (κ3) is 3.09. The molecule has 0 amide bonds. The number of hydrogen-bond donors (Lipinski definition) is 3. The van der Waals surface area contributed by atoms with Crippen molar-refractivity contribution in [3.8, 4) is 5.69 Å². The number of aromatic carboxylic acids is 1. The van der Waals surface area contributed by atoms with Crippen molar-refractivity contribution in [2.45, 2.75) is 4.90 Å². The second kappa shape index (κ2) is 5.90.